The third-order valence-electron chi connectivity index (χ3n) is 0.109. The van der Waals surface area contributed by atoms with Gasteiger partial charge in [0.05, 0.1) is 0 Å². The van der Waals surface area contributed by atoms with Crippen LogP contribution in [0.2, 0.25) is 0 Å². The second-order valence-corrected chi connectivity index (χ2v) is 1.44. The molecule has 0 saturated carbocycles. The number of hydrogen-bond donors (Lipinski definition) is 2. The molecule has 0 aliphatic heterocycles. The SMILES string of the molecule is C=CCCl.O=S(O)O. The van der Waals surface area contributed by atoms with Gasteiger partial charge < -0.3 is 0 Å². The van der Waals surface area contributed by atoms with Gasteiger partial charge >= 0.3 is 0 Å². The van der Waals surface area contributed by atoms with Gasteiger partial charge in [-0.2, -0.15) is 4.21 Å². The Balaban J connectivity index is 0. The first-order chi connectivity index (χ1) is 3.65. The van der Waals surface area contributed by atoms with Crippen molar-refractivity contribution in [2.24, 2.45) is 0 Å². The van der Waals surface area contributed by atoms with Crippen molar-refractivity contribution in [3.05, 3.63) is 12.7 Å². The lowest BCUT2D eigenvalue weighted by molar-refractivity contribution is 0.454. The average Bonchev–Trinajstić information content (AvgIpc) is 1.65. The molecule has 0 aromatic rings. The van der Waals surface area contributed by atoms with Crippen molar-refractivity contribution in [3.63, 3.8) is 0 Å². The van der Waals surface area contributed by atoms with Crippen LogP contribution in [0, 0.1) is 0 Å². The highest BCUT2D eigenvalue weighted by Gasteiger charge is 1.62. The van der Waals surface area contributed by atoms with E-state index in [9.17, 15) is 0 Å². The molecular formula is C3H7ClO3S. The average molecular weight is 159 g/mol. The smallest absolute Gasteiger partial charge is 0.284 e. The third kappa shape index (κ3) is 131. The second kappa shape index (κ2) is 10.2. The van der Waals surface area contributed by atoms with E-state index < -0.39 is 11.4 Å². The minimum atomic E-state index is -2.61. The fourth-order valence-electron chi connectivity index (χ4n) is 0. The van der Waals surface area contributed by atoms with Gasteiger partial charge in [0.25, 0.3) is 11.4 Å². The maximum atomic E-state index is 8.67. The second-order valence-electron chi connectivity index (χ2n) is 0.674. The van der Waals surface area contributed by atoms with E-state index in [0.29, 0.717) is 5.88 Å². The highest BCUT2D eigenvalue weighted by atomic mass is 35.5. The number of hydrogen-bond acceptors (Lipinski definition) is 1. The zero-order chi connectivity index (χ0) is 6.99. The first-order valence-corrected chi connectivity index (χ1v) is 3.21. The number of alkyl halides is 1. The summed E-state index contributed by atoms with van der Waals surface area (Å²) >= 11 is 2.46. The van der Waals surface area contributed by atoms with Crippen molar-refractivity contribution < 1.29 is 13.3 Å². The third-order valence-corrected chi connectivity index (χ3v) is 0.327. The topological polar surface area (TPSA) is 57.5 Å². The van der Waals surface area contributed by atoms with Crippen LogP contribution >= 0.6 is 11.6 Å². The Bertz CT molecular complexity index is 70.9. The zero-order valence-corrected chi connectivity index (χ0v) is 5.65. The standard InChI is InChI=1S/C3H5Cl.H2O3S/c1-2-3-4;1-4(2)3/h2H,1,3H2;(H2,1,2,3). The molecule has 0 rings (SSSR count). The molecule has 0 aliphatic rings. The normalized spacial score (nSPS) is 7.50. The predicted octanol–water partition coefficient (Wildman–Crippen LogP) is 1.09. The van der Waals surface area contributed by atoms with Crippen LogP contribution in [0.3, 0.4) is 0 Å². The molecule has 3 nitrogen and oxygen atoms in total. The molecule has 0 amide bonds. The summed E-state index contributed by atoms with van der Waals surface area (Å²) in [6.45, 7) is 3.35. The van der Waals surface area contributed by atoms with E-state index in [2.05, 4.69) is 6.58 Å². The highest BCUT2D eigenvalue weighted by molar-refractivity contribution is 7.73. The largest absolute Gasteiger partial charge is 0.299 e. The summed E-state index contributed by atoms with van der Waals surface area (Å²) in [6.07, 6.45) is 1.64. The van der Waals surface area contributed by atoms with Crippen molar-refractivity contribution in [3.8, 4) is 0 Å². The Morgan fingerprint density at radius 1 is 1.75 bits per heavy atom. The fraction of sp³-hybridized carbons (Fsp3) is 0.333. The van der Waals surface area contributed by atoms with E-state index in [1.54, 1.807) is 6.08 Å². The molecule has 0 atom stereocenters. The minimum Gasteiger partial charge on any atom is -0.284 e. The van der Waals surface area contributed by atoms with E-state index >= 15 is 0 Å². The first-order valence-electron chi connectivity index (χ1n) is 1.62. The number of rotatable bonds is 1. The number of halogens is 1. The van der Waals surface area contributed by atoms with Gasteiger partial charge in [0, 0.05) is 5.88 Å². The van der Waals surface area contributed by atoms with Crippen LogP contribution in [-0.2, 0) is 11.4 Å². The van der Waals surface area contributed by atoms with E-state index in [1.165, 1.54) is 0 Å². The lowest BCUT2D eigenvalue weighted by Crippen LogP contribution is -1.74. The summed E-state index contributed by atoms with van der Waals surface area (Å²) in [7, 11) is 0. The first kappa shape index (κ1) is 11.0. The Kier molecular flexibility index (Phi) is 13.9. The van der Waals surface area contributed by atoms with Gasteiger partial charge in [-0.15, -0.1) is 18.2 Å². The number of allylic oxidation sites excluding steroid dienone is 1. The van der Waals surface area contributed by atoms with Crippen molar-refractivity contribution in [1.82, 2.24) is 0 Å². The molecule has 2 N–H and O–H groups in total. The summed E-state index contributed by atoms with van der Waals surface area (Å²) < 4.78 is 22.8. The molecule has 0 spiro atoms. The quantitative estimate of drug-likeness (QED) is 0.341. The molecule has 0 heterocycles. The molecule has 0 aromatic heterocycles. The van der Waals surface area contributed by atoms with Gasteiger partial charge in [-0.05, 0) is 0 Å². The minimum absolute atomic E-state index is 0.556. The Hall–Kier alpha value is 0.1000. The molecule has 0 saturated heterocycles. The van der Waals surface area contributed by atoms with Gasteiger partial charge in [0.2, 0.25) is 0 Å². The molecule has 8 heavy (non-hydrogen) atoms. The predicted molar refractivity (Wildman–Crippen MR) is 34.3 cm³/mol. The summed E-state index contributed by atoms with van der Waals surface area (Å²) in [5, 5.41) is 0. The van der Waals surface area contributed by atoms with Crippen LogP contribution < -0.4 is 0 Å². The molecule has 0 bridgehead atoms. The van der Waals surface area contributed by atoms with Crippen LogP contribution in [0.15, 0.2) is 12.7 Å². The highest BCUT2D eigenvalue weighted by Crippen LogP contribution is 1.67. The van der Waals surface area contributed by atoms with Crippen molar-refractivity contribution >= 4 is 23.0 Å². The zero-order valence-electron chi connectivity index (χ0n) is 4.08. The maximum Gasteiger partial charge on any atom is 0.299 e. The van der Waals surface area contributed by atoms with E-state index in [0.717, 1.165) is 0 Å². The van der Waals surface area contributed by atoms with Crippen LogP contribution in [0.4, 0.5) is 0 Å². The molecule has 0 unspecified atom stereocenters. The van der Waals surface area contributed by atoms with Gasteiger partial charge in [-0.1, -0.05) is 6.08 Å². The van der Waals surface area contributed by atoms with Crippen LogP contribution in [0.25, 0.3) is 0 Å². The maximum absolute atomic E-state index is 8.67. The van der Waals surface area contributed by atoms with Gasteiger partial charge in [-0.25, -0.2) is 0 Å². The summed E-state index contributed by atoms with van der Waals surface area (Å²) in [5.74, 6) is 0.556. The van der Waals surface area contributed by atoms with Crippen molar-refractivity contribution in [1.29, 1.82) is 0 Å². The molecule has 0 aromatic carbocycles. The van der Waals surface area contributed by atoms with E-state index in [4.69, 9.17) is 24.9 Å². The monoisotopic (exact) mass is 158 g/mol. The summed E-state index contributed by atoms with van der Waals surface area (Å²) in [5.41, 5.74) is 0. The Morgan fingerprint density at radius 3 is 1.88 bits per heavy atom. The van der Waals surface area contributed by atoms with E-state index in [-0.39, 0.29) is 0 Å². The molecule has 0 fully saturated rings. The van der Waals surface area contributed by atoms with E-state index in [1.807, 2.05) is 0 Å². The van der Waals surface area contributed by atoms with Crippen LogP contribution in [-0.4, -0.2) is 19.2 Å². The van der Waals surface area contributed by atoms with Crippen LogP contribution in [0.5, 0.6) is 0 Å². The van der Waals surface area contributed by atoms with Crippen molar-refractivity contribution in [2.45, 2.75) is 0 Å². The molecule has 0 radical (unpaired) electrons. The molecule has 5 heteroatoms. The van der Waals surface area contributed by atoms with Crippen LogP contribution in [0.1, 0.15) is 0 Å². The molecule has 0 aliphatic carbocycles. The summed E-state index contributed by atoms with van der Waals surface area (Å²) in [4.78, 5) is 0. The Labute approximate surface area is 55.5 Å². The van der Waals surface area contributed by atoms with Gasteiger partial charge in [0.1, 0.15) is 0 Å². The lowest BCUT2D eigenvalue weighted by atomic mass is 10.8. The summed E-state index contributed by atoms with van der Waals surface area (Å²) in [6, 6.07) is 0. The van der Waals surface area contributed by atoms with Crippen molar-refractivity contribution in [2.75, 3.05) is 5.88 Å². The fourth-order valence-corrected chi connectivity index (χ4v) is 0. The molecular weight excluding hydrogens is 152 g/mol. The van der Waals surface area contributed by atoms with Gasteiger partial charge in [0.15, 0.2) is 0 Å². The molecule has 50 valence electrons. The Morgan fingerprint density at radius 2 is 1.88 bits per heavy atom. The lowest BCUT2D eigenvalue weighted by Gasteiger charge is -1.59. The van der Waals surface area contributed by atoms with Gasteiger partial charge in [-0.3, -0.25) is 9.11 Å².